The summed E-state index contributed by atoms with van der Waals surface area (Å²) in [7, 11) is 12.8. The molecule has 90 valence electrons. The zero-order valence-corrected chi connectivity index (χ0v) is 16.2. The van der Waals surface area contributed by atoms with Crippen molar-refractivity contribution in [1.29, 1.82) is 0 Å². The van der Waals surface area contributed by atoms with Gasteiger partial charge in [0.15, 0.2) is 0 Å². The van der Waals surface area contributed by atoms with Crippen molar-refractivity contribution in [3.8, 4) is 0 Å². The summed E-state index contributed by atoms with van der Waals surface area (Å²) < 4.78 is 0. The van der Waals surface area contributed by atoms with Gasteiger partial charge in [-0.25, -0.2) is 0 Å². The molecule has 1 aromatic rings. The zero-order chi connectivity index (χ0) is 12.4. The molecular formula is C12H20Cl2Ge2. The van der Waals surface area contributed by atoms with Crippen LogP contribution in [0.5, 0.6) is 0 Å². The van der Waals surface area contributed by atoms with E-state index >= 15 is 0 Å². The average molecular weight is 380 g/mol. The van der Waals surface area contributed by atoms with Crippen LogP contribution in [0.4, 0.5) is 0 Å². The Balaban J connectivity index is 2.69. The van der Waals surface area contributed by atoms with Gasteiger partial charge in [-0.3, -0.25) is 0 Å². The van der Waals surface area contributed by atoms with Crippen molar-refractivity contribution in [2.75, 3.05) is 0 Å². The van der Waals surface area contributed by atoms with E-state index in [1.54, 1.807) is 0 Å². The van der Waals surface area contributed by atoms with Crippen LogP contribution in [-0.4, -0.2) is 24.7 Å². The molecule has 0 aromatic heterocycles. The summed E-state index contributed by atoms with van der Waals surface area (Å²) >= 11 is -3.95. The molecule has 0 heterocycles. The molecule has 4 heteroatoms. The summed E-state index contributed by atoms with van der Waals surface area (Å²) in [4.78, 5) is 0. The van der Waals surface area contributed by atoms with Crippen LogP contribution < -0.4 is 0 Å². The molecule has 0 radical (unpaired) electrons. The minimum atomic E-state index is -1.97. The van der Waals surface area contributed by atoms with Crippen molar-refractivity contribution in [1.82, 2.24) is 0 Å². The van der Waals surface area contributed by atoms with Gasteiger partial charge in [-0.2, -0.15) is 0 Å². The Morgan fingerprint density at radius 2 is 1.00 bits per heavy atom. The maximum absolute atomic E-state index is 6.39. The number of hydrogen-bond acceptors (Lipinski definition) is 0. The fraction of sp³-hybridized carbons (Fsp3) is 0.500. The van der Waals surface area contributed by atoms with Crippen LogP contribution in [0, 0.1) is 0 Å². The first-order chi connectivity index (χ1) is 7.16. The second-order valence-corrected chi connectivity index (χ2v) is 32.1. The molecule has 16 heavy (non-hydrogen) atoms. The predicted molar refractivity (Wildman–Crippen MR) is 80.5 cm³/mol. The Kier molecular flexibility index (Phi) is 5.31. The van der Waals surface area contributed by atoms with Gasteiger partial charge in [-0.1, -0.05) is 0 Å². The molecule has 0 aliphatic carbocycles. The van der Waals surface area contributed by atoms with E-state index in [4.69, 9.17) is 20.0 Å². The molecule has 0 aliphatic heterocycles. The van der Waals surface area contributed by atoms with Crippen LogP contribution in [0.25, 0.3) is 0 Å². The third-order valence-corrected chi connectivity index (χ3v) is 8.90. The molecule has 0 nitrogen and oxygen atoms in total. The summed E-state index contributed by atoms with van der Waals surface area (Å²) in [6.45, 7) is 0. The van der Waals surface area contributed by atoms with Gasteiger partial charge < -0.3 is 0 Å². The van der Waals surface area contributed by atoms with Gasteiger partial charge in [0.25, 0.3) is 0 Å². The van der Waals surface area contributed by atoms with E-state index in [9.17, 15) is 0 Å². The number of hydrogen-bond donors (Lipinski definition) is 0. The maximum atomic E-state index is 6.39. The van der Waals surface area contributed by atoms with E-state index in [-0.39, 0.29) is 0 Å². The molecule has 0 N–H and O–H groups in total. The van der Waals surface area contributed by atoms with Crippen molar-refractivity contribution < 1.29 is 0 Å². The fourth-order valence-corrected chi connectivity index (χ4v) is 8.41. The standard InChI is InChI=1S/C12H20Cl2Ge2/c1-15(2,13)9-11-5-7-12(8-6-11)10-16(3,4)14/h5-8H,9-10H2,1-4H3. The van der Waals surface area contributed by atoms with Gasteiger partial charge >= 0.3 is 114 Å². The van der Waals surface area contributed by atoms with Gasteiger partial charge in [0.1, 0.15) is 0 Å². The van der Waals surface area contributed by atoms with Crippen LogP contribution in [0.15, 0.2) is 24.3 Å². The van der Waals surface area contributed by atoms with Gasteiger partial charge in [-0.15, -0.1) is 0 Å². The number of rotatable bonds is 4. The third-order valence-electron chi connectivity index (χ3n) is 2.27. The summed E-state index contributed by atoms with van der Waals surface area (Å²) in [6, 6.07) is 8.87. The van der Waals surface area contributed by atoms with Gasteiger partial charge in [0.05, 0.1) is 0 Å². The SMILES string of the molecule is [CH3][Ge]([CH3])([Cl])[CH2]c1ccc([CH2][Ge]([CH3])([CH3])[Cl])cc1. The Morgan fingerprint density at radius 1 is 0.750 bits per heavy atom. The van der Waals surface area contributed by atoms with Crippen molar-refractivity contribution in [2.45, 2.75) is 33.5 Å². The number of benzene rings is 1. The van der Waals surface area contributed by atoms with E-state index in [2.05, 4.69) is 47.3 Å². The minimum absolute atomic E-state index is 1.09. The topological polar surface area (TPSA) is 0 Å². The van der Waals surface area contributed by atoms with Crippen molar-refractivity contribution in [2.24, 2.45) is 0 Å². The molecule has 0 saturated carbocycles. The predicted octanol–water partition coefficient (Wildman–Crippen LogP) is 4.74. The fourth-order valence-electron chi connectivity index (χ4n) is 1.75. The Labute approximate surface area is 113 Å². The quantitative estimate of drug-likeness (QED) is 0.662. The monoisotopic (exact) mass is 382 g/mol. The van der Waals surface area contributed by atoms with E-state index in [1.807, 2.05) is 0 Å². The van der Waals surface area contributed by atoms with Gasteiger partial charge in [0.2, 0.25) is 0 Å². The van der Waals surface area contributed by atoms with Crippen LogP contribution in [-0.2, 0) is 10.5 Å². The second kappa shape index (κ2) is 5.68. The Hall–Kier alpha value is 0.886. The molecule has 0 unspecified atom stereocenters. The van der Waals surface area contributed by atoms with Crippen molar-refractivity contribution in [3.05, 3.63) is 35.4 Å². The Morgan fingerprint density at radius 3 is 1.19 bits per heavy atom. The van der Waals surface area contributed by atoms with Gasteiger partial charge in [-0.05, 0) is 0 Å². The molecule has 0 spiro atoms. The first kappa shape index (κ1) is 14.9. The molecule has 1 rings (SSSR count). The second-order valence-electron chi connectivity index (χ2n) is 5.61. The van der Waals surface area contributed by atoms with Crippen LogP contribution >= 0.6 is 20.0 Å². The third kappa shape index (κ3) is 6.58. The summed E-state index contributed by atoms with van der Waals surface area (Å²) in [5, 5.41) is 2.18. The number of halogens is 2. The van der Waals surface area contributed by atoms with E-state index in [1.165, 1.54) is 11.1 Å². The average Bonchev–Trinajstić information content (AvgIpc) is 2.03. The van der Waals surface area contributed by atoms with Gasteiger partial charge in [0, 0.05) is 0 Å². The van der Waals surface area contributed by atoms with Crippen molar-refractivity contribution >= 4 is 44.7 Å². The summed E-state index contributed by atoms with van der Waals surface area (Å²) in [5.41, 5.74) is 2.76. The molecule has 0 aliphatic rings. The van der Waals surface area contributed by atoms with Crippen molar-refractivity contribution in [3.63, 3.8) is 0 Å². The van der Waals surface area contributed by atoms with Crippen LogP contribution in [0.3, 0.4) is 0 Å². The van der Waals surface area contributed by atoms with E-state index < -0.39 is 24.7 Å². The Bertz CT molecular complexity index is 299. The first-order valence-electron chi connectivity index (χ1n) is 5.61. The molecule has 1 aromatic carbocycles. The molecule has 0 atom stereocenters. The molecule has 0 bridgehead atoms. The molecular weight excluding hydrogens is 360 g/mol. The first-order valence-corrected chi connectivity index (χ1v) is 22.5. The van der Waals surface area contributed by atoms with E-state index in [0.717, 1.165) is 10.5 Å². The molecule has 0 saturated heterocycles. The molecule has 0 amide bonds. The van der Waals surface area contributed by atoms with Crippen LogP contribution in [0.2, 0.25) is 23.0 Å². The summed E-state index contributed by atoms with van der Waals surface area (Å²) in [5.74, 6) is 8.92. The normalized spacial score (nSPS) is 12.9. The van der Waals surface area contributed by atoms with Crippen LogP contribution in [0.1, 0.15) is 11.1 Å². The van der Waals surface area contributed by atoms with E-state index in [0.29, 0.717) is 0 Å². The summed E-state index contributed by atoms with van der Waals surface area (Å²) in [6.07, 6.45) is 0. The molecule has 0 fully saturated rings. The zero-order valence-electron chi connectivity index (χ0n) is 10.5.